The molecule has 18 heavy (non-hydrogen) atoms. The van der Waals surface area contributed by atoms with Crippen LogP contribution in [0.25, 0.3) is 0 Å². The van der Waals surface area contributed by atoms with Gasteiger partial charge in [-0.1, -0.05) is 13.8 Å². The van der Waals surface area contributed by atoms with Gasteiger partial charge >= 0.3 is 11.9 Å². The lowest BCUT2D eigenvalue weighted by Crippen LogP contribution is -2.15. The molecular formula is C12H20O6. The minimum Gasteiger partial charge on any atom is -0.460 e. The van der Waals surface area contributed by atoms with Crippen molar-refractivity contribution in [1.29, 1.82) is 0 Å². The smallest absolute Gasteiger partial charge is 0.374 e. The number of hydrogen-bond acceptors (Lipinski definition) is 6. The highest BCUT2D eigenvalue weighted by Crippen LogP contribution is 1.85. The lowest BCUT2D eigenvalue weighted by atomic mass is 10.3. The van der Waals surface area contributed by atoms with Crippen LogP contribution in [-0.2, 0) is 28.7 Å². The number of ketones is 2. The maximum Gasteiger partial charge on any atom is 0.374 e. The topological polar surface area (TPSA) is 86.7 Å². The standard InChI is InChI=1S/2C6H10O3/c1-3-4-9-6(8)5(2)7;1-3-5(7)6(8)9-4-2/h2*3-4H2,1-2H3. The molecule has 0 heterocycles. The molecule has 0 radical (unpaired) electrons. The fraction of sp³-hybridized carbons (Fsp3) is 0.667. The lowest BCUT2D eigenvalue weighted by molar-refractivity contribution is -0.153. The Labute approximate surface area is 107 Å². The summed E-state index contributed by atoms with van der Waals surface area (Å²) in [5, 5.41) is 0. The zero-order valence-corrected chi connectivity index (χ0v) is 11.3. The Morgan fingerprint density at radius 1 is 0.889 bits per heavy atom. The Bertz CT molecular complexity index is 293. The molecule has 0 N–H and O–H groups in total. The Balaban J connectivity index is 0. The molecule has 0 atom stereocenters. The predicted molar refractivity (Wildman–Crippen MR) is 63.9 cm³/mol. The van der Waals surface area contributed by atoms with E-state index in [1.807, 2.05) is 6.92 Å². The maximum atomic E-state index is 10.4. The Kier molecular flexibility index (Phi) is 12.2. The molecule has 0 rings (SSSR count). The van der Waals surface area contributed by atoms with Crippen molar-refractivity contribution in [3.05, 3.63) is 0 Å². The predicted octanol–water partition coefficient (Wildman–Crippen LogP) is 1.06. The van der Waals surface area contributed by atoms with Crippen LogP contribution in [0.4, 0.5) is 0 Å². The first-order chi connectivity index (χ1) is 8.40. The number of carbonyl (C=O) groups is 4. The molecular weight excluding hydrogens is 240 g/mol. The van der Waals surface area contributed by atoms with E-state index in [0.29, 0.717) is 6.61 Å². The summed E-state index contributed by atoms with van der Waals surface area (Å²) >= 11 is 0. The molecule has 0 aliphatic heterocycles. The first kappa shape index (κ1) is 18.6. The van der Waals surface area contributed by atoms with E-state index in [2.05, 4.69) is 9.47 Å². The lowest BCUT2D eigenvalue weighted by Gasteiger charge is -1.96. The van der Waals surface area contributed by atoms with E-state index in [4.69, 9.17) is 0 Å². The molecule has 0 fully saturated rings. The summed E-state index contributed by atoms with van der Waals surface area (Å²) in [6.45, 7) is 6.95. The van der Waals surface area contributed by atoms with Crippen molar-refractivity contribution < 1.29 is 28.7 Å². The molecule has 6 heteroatoms. The van der Waals surface area contributed by atoms with E-state index in [1.54, 1.807) is 13.8 Å². The van der Waals surface area contributed by atoms with Gasteiger partial charge in [-0.2, -0.15) is 0 Å². The number of hydrogen-bond donors (Lipinski definition) is 0. The average molecular weight is 260 g/mol. The minimum atomic E-state index is -0.739. The van der Waals surface area contributed by atoms with E-state index < -0.39 is 23.5 Å². The molecule has 6 nitrogen and oxygen atoms in total. The summed E-state index contributed by atoms with van der Waals surface area (Å²) in [6.07, 6.45) is 0.970. The second kappa shape index (κ2) is 11.8. The van der Waals surface area contributed by atoms with E-state index in [1.165, 1.54) is 6.92 Å². The molecule has 0 aliphatic carbocycles. The van der Waals surface area contributed by atoms with E-state index in [-0.39, 0.29) is 13.0 Å². The van der Waals surface area contributed by atoms with Crippen LogP contribution in [0.1, 0.15) is 40.5 Å². The first-order valence-electron chi connectivity index (χ1n) is 5.78. The molecule has 0 aliphatic rings. The van der Waals surface area contributed by atoms with Crippen molar-refractivity contribution in [3.8, 4) is 0 Å². The second-order valence-electron chi connectivity index (χ2n) is 3.19. The molecule has 0 unspecified atom stereocenters. The third kappa shape index (κ3) is 10.8. The first-order valence-corrected chi connectivity index (χ1v) is 5.78. The summed E-state index contributed by atoms with van der Waals surface area (Å²) in [6, 6.07) is 0. The number of esters is 2. The van der Waals surface area contributed by atoms with Crippen molar-refractivity contribution in [2.45, 2.75) is 40.5 Å². The summed E-state index contributed by atoms with van der Waals surface area (Å²) in [5.74, 6) is -2.46. The van der Waals surface area contributed by atoms with Gasteiger partial charge in [0, 0.05) is 13.3 Å². The van der Waals surface area contributed by atoms with E-state index in [9.17, 15) is 19.2 Å². The van der Waals surface area contributed by atoms with Crippen LogP contribution in [0.3, 0.4) is 0 Å². The van der Waals surface area contributed by atoms with Gasteiger partial charge in [0.05, 0.1) is 13.2 Å². The van der Waals surface area contributed by atoms with Gasteiger partial charge in [0.25, 0.3) is 0 Å². The molecule has 0 bridgehead atoms. The maximum absolute atomic E-state index is 10.4. The van der Waals surface area contributed by atoms with Gasteiger partial charge in [0.15, 0.2) is 0 Å². The second-order valence-corrected chi connectivity index (χ2v) is 3.19. The third-order valence-corrected chi connectivity index (χ3v) is 1.55. The highest BCUT2D eigenvalue weighted by molar-refractivity contribution is 6.33. The van der Waals surface area contributed by atoms with Crippen molar-refractivity contribution >= 4 is 23.5 Å². The summed E-state index contributed by atoms with van der Waals surface area (Å²) in [5.41, 5.74) is 0. The van der Waals surface area contributed by atoms with Crippen LogP contribution in [0.15, 0.2) is 0 Å². The summed E-state index contributed by atoms with van der Waals surface area (Å²) in [4.78, 5) is 41.3. The minimum absolute atomic E-state index is 0.221. The third-order valence-electron chi connectivity index (χ3n) is 1.55. The molecule has 0 aromatic carbocycles. The largest absolute Gasteiger partial charge is 0.460 e. The highest BCUT2D eigenvalue weighted by Gasteiger charge is 2.10. The van der Waals surface area contributed by atoms with Gasteiger partial charge < -0.3 is 9.47 Å². The van der Waals surface area contributed by atoms with Gasteiger partial charge in [-0.3, -0.25) is 9.59 Å². The SMILES string of the molecule is CCCOC(=O)C(C)=O.CCOC(=O)C(=O)CC. The fourth-order valence-corrected chi connectivity index (χ4v) is 0.652. The van der Waals surface area contributed by atoms with Crippen LogP contribution in [0, 0.1) is 0 Å². The number of Topliss-reactive ketones (excluding diaryl/α,β-unsaturated/α-hetero) is 2. The van der Waals surface area contributed by atoms with Gasteiger partial charge in [-0.15, -0.1) is 0 Å². The molecule has 0 amide bonds. The molecule has 104 valence electrons. The van der Waals surface area contributed by atoms with E-state index in [0.717, 1.165) is 6.42 Å². The van der Waals surface area contributed by atoms with Crippen molar-refractivity contribution in [2.75, 3.05) is 13.2 Å². The Hall–Kier alpha value is -1.72. The number of ether oxygens (including phenoxy) is 2. The monoisotopic (exact) mass is 260 g/mol. The van der Waals surface area contributed by atoms with Crippen molar-refractivity contribution in [2.24, 2.45) is 0 Å². The van der Waals surface area contributed by atoms with Crippen LogP contribution >= 0.6 is 0 Å². The summed E-state index contributed by atoms with van der Waals surface area (Å²) < 4.78 is 8.87. The zero-order valence-electron chi connectivity index (χ0n) is 11.3. The van der Waals surface area contributed by atoms with Gasteiger partial charge in [0.2, 0.25) is 11.6 Å². The van der Waals surface area contributed by atoms with Gasteiger partial charge in [-0.05, 0) is 13.3 Å². The van der Waals surface area contributed by atoms with Crippen LogP contribution in [-0.4, -0.2) is 36.7 Å². The average Bonchev–Trinajstić information content (AvgIpc) is 2.35. The van der Waals surface area contributed by atoms with Crippen LogP contribution in [0.5, 0.6) is 0 Å². The fourth-order valence-electron chi connectivity index (χ4n) is 0.652. The summed E-state index contributed by atoms with van der Waals surface area (Å²) in [7, 11) is 0. The Morgan fingerprint density at radius 2 is 1.44 bits per heavy atom. The van der Waals surface area contributed by atoms with Gasteiger partial charge in [-0.25, -0.2) is 9.59 Å². The van der Waals surface area contributed by atoms with Crippen molar-refractivity contribution in [1.82, 2.24) is 0 Å². The highest BCUT2D eigenvalue weighted by atomic mass is 16.5. The molecule has 0 aromatic heterocycles. The van der Waals surface area contributed by atoms with Crippen LogP contribution in [0.2, 0.25) is 0 Å². The van der Waals surface area contributed by atoms with Gasteiger partial charge in [0.1, 0.15) is 0 Å². The molecule has 0 aromatic rings. The zero-order chi connectivity index (χ0) is 14.6. The van der Waals surface area contributed by atoms with Crippen molar-refractivity contribution in [3.63, 3.8) is 0 Å². The number of carbonyl (C=O) groups excluding carboxylic acids is 4. The van der Waals surface area contributed by atoms with E-state index >= 15 is 0 Å². The van der Waals surface area contributed by atoms with Crippen LogP contribution < -0.4 is 0 Å². The molecule has 0 saturated heterocycles. The normalized spacial score (nSPS) is 8.67. The molecule has 0 spiro atoms. The Morgan fingerprint density at radius 3 is 1.78 bits per heavy atom. The molecule has 0 saturated carbocycles. The number of rotatable bonds is 6. The quantitative estimate of drug-likeness (QED) is 0.524.